The van der Waals surface area contributed by atoms with Crippen LogP contribution in [-0.2, 0) is 15.9 Å². The van der Waals surface area contributed by atoms with Gasteiger partial charge in [-0.05, 0) is 23.8 Å². The highest BCUT2D eigenvalue weighted by Crippen LogP contribution is 2.33. The van der Waals surface area contributed by atoms with Gasteiger partial charge in [0.15, 0.2) is 5.79 Å². The van der Waals surface area contributed by atoms with Crippen LogP contribution >= 0.6 is 0 Å². The van der Waals surface area contributed by atoms with Crippen molar-refractivity contribution >= 4 is 11.4 Å². The number of hydrogen-bond acceptors (Lipinski definition) is 5. The van der Waals surface area contributed by atoms with Crippen LogP contribution in [0.25, 0.3) is 0 Å². The maximum atomic E-state index is 8.83. The molecular formula is C15H19N3O2. The molecule has 1 aromatic rings. The molecule has 20 heavy (non-hydrogen) atoms. The molecule has 5 heteroatoms. The smallest absolute Gasteiger partial charge is 0.171 e. The lowest BCUT2D eigenvalue weighted by Crippen LogP contribution is -2.45. The number of nitrogens with two attached hydrogens (primary N) is 1. The summed E-state index contributed by atoms with van der Waals surface area (Å²) < 4.78 is 11.5. The lowest BCUT2D eigenvalue weighted by molar-refractivity contribution is -0.169. The number of nitrogen functional groups attached to an aromatic ring is 1. The second-order valence-corrected chi connectivity index (χ2v) is 5.31. The van der Waals surface area contributed by atoms with Crippen LogP contribution in [0.3, 0.4) is 0 Å². The van der Waals surface area contributed by atoms with Gasteiger partial charge in [-0.2, -0.15) is 5.26 Å². The molecule has 0 aliphatic carbocycles. The van der Waals surface area contributed by atoms with Crippen LogP contribution in [-0.4, -0.2) is 32.1 Å². The van der Waals surface area contributed by atoms with Crippen LogP contribution in [0.5, 0.6) is 0 Å². The van der Waals surface area contributed by atoms with Crippen LogP contribution in [0.15, 0.2) is 18.2 Å². The molecule has 2 aliphatic heterocycles. The van der Waals surface area contributed by atoms with Gasteiger partial charge in [0.2, 0.25) is 0 Å². The third-order valence-corrected chi connectivity index (χ3v) is 4.10. The zero-order chi connectivity index (χ0) is 14.0. The molecule has 3 rings (SSSR count). The van der Waals surface area contributed by atoms with Crippen molar-refractivity contribution in [2.75, 3.05) is 36.9 Å². The summed E-state index contributed by atoms with van der Waals surface area (Å²) in [4.78, 5) is 2.30. The molecule has 2 fully saturated rings. The lowest BCUT2D eigenvalue weighted by atomic mass is 10.0. The monoisotopic (exact) mass is 273 g/mol. The first kappa shape index (κ1) is 13.2. The fourth-order valence-corrected chi connectivity index (χ4v) is 2.92. The van der Waals surface area contributed by atoms with E-state index in [0.29, 0.717) is 25.3 Å². The van der Waals surface area contributed by atoms with E-state index in [-0.39, 0.29) is 5.79 Å². The summed E-state index contributed by atoms with van der Waals surface area (Å²) in [5.41, 5.74) is 8.60. The summed E-state index contributed by atoms with van der Waals surface area (Å²) >= 11 is 0. The van der Waals surface area contributed by atoms with Gasteiger partial charge >= 0.3 is 0 Å². The topological polar surface area (TPSA) is 71.5 Å². The van der Waals surface area contributed by atoms with E-state index in [1.165, 1.54) is 0 Å². The fraction of sp³-hybridized carbons (Fsp3) is 0.533. The van der Waals surface area contributed by atoms with Crippen LogP contribution < -0.4 is 10.6 Å². The molecule has 0 radical (unpaired) electrons. The molecule has 0 amide bonds. The highest BCUT2D eigenvalue weighted by Gasteiger charge is 2.39. The lowest BCUT2D eigenvalue weighted by Gasteiger charge is -2.38. The van der Waals surface area contributed by atoms with Crippen molar-refractivity contribution in [2.45, 2.75) is 25.0 Å². The Morgan fingerprint density at radius 3 is 2.60 bits per heavy atom. The van der Waals surface area contributed by atoms with Crippen molar-refractivity contribution in [3.05, 3.63) is 23.8 Å². The molecule has 0 bridgehead atoms. The van der Waals surface area contributed by atoms with Gasteiger partial charge in [-0.15, -0.1) is 0 Å². The van der Waals surface area contributed by atoms with Gasteiger partial charge in [0.05, 0.1) is 25.7 Å². The average molecular weight is 273 g/mol. The van der Waals surface area contributed by atoms with E-state index >= 15 is 0 Å². The molecule has 5 nitrogen and oxygen atoms in total. The van der Waals surface area contributed by atoms with Crippen molar-refractivity contribution in [1.29, 1.82) is 5.26 Å². The Morgan fingerprint density at radius 1 is 1.25 bits per heavy atom. The molecule has 106 valence electrons. The van der Waals surface area contributed by atoms with Crippen LogP contribution in [0.2, 0.25) is 0 Å². The number of hydrogen-bond donors (Lipinski definition) is 1. The predicted molar refractivity (Wildman–Crippen MR) is 76.3 cm³/mol. The third kappa shape index (κ3) is 2.45. The molecule has 2 N–H and O–H groups in total. The van der Waals surface area contributed by atoms with E-state index in [1.807, 2.05) is 18.2 Å². The second-order valence-electron chi connectivity index (χ2n) is 5.31. The zero-order valence-corrected chi connectivity index (χ0v) is 11.5. The van der Waals surface area contributed by atoms with Crippen LogP contribution in [0, 0.1) is 11.3 Å². The number of nitriles is 1. The Labute approximate surface area is 118 Å². The minimum atomic E-state index is -0.347. The minimum absolute atomic E-state index is 0.347. The van der Waals surface area contributed by atoms with Gasteiger partial charge in [0, 0.05) is 37.3 Å². The fourth-order valence-electron chi connectivity index (χ4n) is 2.92. The van der Waals surface area contributed by atoms with Crippen molar-refractivity contribution in [2.24, 2.45) is 0 Å². The highest BCUT2D eigenvalue weighted by atomic mass is 16.7. The Morgan fingerprint density at radius 2 is 1.95 bits per heavy atom. The number of piperidine rings is 1. The summed E-state index contributed by atoms with van der Waals surface area (Å²) in [6, 6.07) is 8.08. The summed E-state index contributed by atoms with van der Waals surface area (Å²) in [6.07, 6.45) is 2.11. The van der Waals surface area contributed by atoms with Crippen molar-refractivity contribution < 1.29 is 9.47 Å². The standard InChI is InChI=1S/C15H19N3O2/c16-6-3-12-11-13(1-2-14(12)17)18-7-4-15(5-8-18)19-9-10-20-15/h1-2,11H,3-5,7-10,17H2. The Kier molecular flexibility index (Phi) is 3.51. The molecule has 0 atom stereocenters. The van der Waals surface area contributed by atoms with Gasteiger partial charge in [-0.3, -0.25) is 0 Å². The Balaban J connectivity index is 1.71. The zero-order valence-electron chi connectivity index (χ0n) is 11.5. The van der Waals surface area contributed by atoms with Crippen LogP contribution in [0.4, 0.5) is 11.4 Å². The van der Waals surface area contributed by atoms with Gasteiger partial charge in [0.1, 0.15) is 0 Å². The van der Waals surface area contributed by atoms with E-state index in [2.05, 4.69) is 11.0 Å². The van der Waals surface area contributed by atoms with Gasteiger partial charge < -0.3 is 20.1 Å². The molecule has 2 saturated heterocycles. The van der Waals surface area contributed by atoms with Gasteiger partial charge in [-0.25, -0.2) is 0 Å². The first-order chi connectivity index (χ1) is 9.72. The Hall–Kier alpha value is -1.77. The van der Waals surface area contributed by atoms with Crippen LogP contribution in [0.1, 0.15) is 18.4 Å². The number of anilines is 2. The first-order valence-electron chi connectivity index (χ1n) is 7.01. The molecule has 0 unspecified atom stereocenters. The third-order valence-electron chi connectivity index (χ3n) is 4.10. The number of rotatable bonds is 2. The van der Waals surface area contributed by atoms with Gasteiger partial charge in [0.25, 0.3) is 0 Å². The maximum absolute atomic E-state index is 8.83. The minimum Gasteiger partial charge on any atom is -0.398 e. The summed E-state index contributed by atoms with van der Waals surface area (Å²) in [5, 5.41) is 8.83. The largest absolute Gasteiger partial charge is 0.398 e. The van der Waals surface area contributed by atoms with Crippen molar-refractivity contribution in [3.8, 4) is 6.07 Å². The summed E-state index contributed by atoms with van der Waals surface area (Å²) in [6.45, 7) is 3.20. The number of ether oxygens (including phenoxy) is 2. The second kappa shape index (κ2) is 5.31. The Bertz CT molecular complexity index is 522. The van der Waals surface area contributed by atoms with E-state index in [0.717, 1.165) is 37.2 Å². The van der Waals surface area contributed by atoms with Crippen molar-refractivity contribution in [1.82, 2.24) is 0 Å². The van der Waals surface area contributed by atoms with Gasteiger partial charge in [-0.1, -0.05) is 0 Å². The normalized spacial score (nSPS) is 21.1. The van der Waals surface area contributed by atoms with Crippen molar-refractivity contribution in [3.63, 3.8) is 0 Å². The SMILES string of the molecule is N#CCc1cc(N2CCC3(CC2)OCCO3)ccc1N. The van der Waals surface area contributed by atoms with E-state index in [4.69, 9.17) is 20.5 Å². The predicted octanol–water partition coefficient (Wildman–Crippen LogP) is 1.68. The molecule has 1 aromatic carbocycles. The van der Waals surface area contributed by atoms with E-state index in [1.54, 1.807) is 0 Å². The molecule has 2 heterocycles. The first-order valence-corrected chi connectivity index (χ1v) is 7.01. The molecule has 2 aliphatic rings. The number of benzene rings is 1. The molecule has 0 saturated carbocycles. The summed E-state index contributed by atoms with van der Waals surface area (Å²) in [7, 11) is 0. The quantitative estimate of drug-likeness (QED) is 0.830. The molecular weight excluding hydrogens is 254 g/mol. The van der Waals surface area contributed by atoms with E-state index in [9.17, 15) is 0 Å². The molecule has 1 spiro atoms. The summed E-state index contributed by atoms with van der Waals surface area (Å²) in [5.74, 6) is -0.347. The molecule has 0 aromatic heterocycles. The number of nitrogens with zero attached hydrogens (tertiary/aromatic N) is 2. The highest BCUT2D eigenvalue weighted by molar-refractivity contribution is 5.59. The maximum Gasteiger partial charge on any atom is 0.171 e. The average Bonchev–Trinajstić information content (AvgIpc) is 2.91. The van der Waals surface area contributed by atoms with E-state index < -0.39 is 0 Å².